The van der Waals surface area contributed by atoms with Crippen LogP contribution in [-0.4, -0.2) is 7.05 Å². The van der Waals surface area contributed by atoms with Gasteiger partial charge in [-0.05, 0) is 13.8 Å². The van der Waals surface area contributed by atoms with Crippen molar-refractivity contribution in [3.8, 4) is 0 Å². The molecule has 0 unspecified atom stereocenters. The second-order valence-electron chi connectivity index (χ2n) is 2.57. The minimum Gasteiger partial charge on any atom is -0.687 e. The summed E-state index contributed by atoms with van der Waals surface area (Å²) in [5, 5.41) is 4.09. The summed E-state index contributed by atoms with van der Waals surface area (Å²) in [6, 6.07) is 6.30. The standard InChI is InChI=1S/C9H12N/c1-7-4-8(2)6-9(5-7)10-3/h4-6H,1-3H3/q-1. The Morgan fingerprint density at radius 3 is 1.90 bits per heavy atom. The number of hydrogen-bond donors (Lipinski definition) is 0. The van der Waals surface area contributed by atoms with Gasteiger partial charge in [-0.25, -0.2) is 0 Å². The lowest BCUT2D eigenvalue weighted by atomic mass is 10.1. The molecule has 54 valence electrons. The van der Waals surface area contributed by atoms with Gasteiger partial charge >= 0.3 is 0 Å². The maximum atomic E-state index is 4.09. The first-order chi connectivity index (χ1) is 4.72. The number of nitrogens with zero attached hydrogens (tertiary/aromatic N) is 1. The smallest absolute Gasteiger partial charge is 0.0398 e. The van der Waals surface area contributed by atoms with Crippen LogP contribution in [-0.2, 0) is 0 Å². The molecule has 0 aliphatic heterocycles. The molecule has 0 fully saturated rings. The number of aryl methyl sites for hydroxylation is 2. The molecule has 1 rings (SSSR count). The van der Waals surface area contributed by atoms with Crippen molar-refractivity contribution < 1.29 is 0 Å². The summed E-state index contributed by atoms with van der Waals surface area (Å²) < 4.78 is 0. The molecule has 0 spiro atoms. The largest absolute Gasteiger partial charge is 0.687 e. The van der Waals surface area contributed by atoms with Crippen LogP contribution < -0.4 is 0 Å². The average Bonchev–Trinajstić information content (AvgIpc) is 1.85. The van der Waals surface area contributed by atoms with Gasteiger partial charge in [-0.1, -0.05) is 29.3 Å². The first-order valence-electron chi connectivity index (χ1n) is 3.40. The summed E-state index contributed by atoms with van der Waals surface area (Å²) >= 11 is 0. The third-order valence-electron chi connectivity index (χ3n) is 1.46. The predicted molar refractivity (Wildman–Crippen MR) is 44.9 cm³/mol. The van der Waals surface area contributed by atoms with Gasteiger partial charge in [0.25, 0.3) is 0 Å². The SMILES string of the molecule is C[N-]c1cc(C)cc(C)c1. The van der Waals surface area contributed by atoms with Crippen molar-refractivity contribution >= 4 is 5.69 Å². The molecule has 0 aromatic heterocycles. The molecule has 0 saturated heterocycles. The summed E-state index contributed by atoms with van der Waals surface area (Å²) in [4.78, 5) is 0. The first-order valence-corrected chi connectivity index (χ1v) is 3.40. The average molecular weight is 134 g/mol. The Morgan fingerprint density at radius 1 is 1.00 bits per heavy atom. The van der Waals surface area contributed by atoms with Crippen molar-refractivity contribution in [3.63, 3.8) is 0 Å². The molecule has 1 aromatic rings. The summed E-state index contributed by atoms with van der Waals surface area (Å²) in [5.41, 5.74) is 3.62. The van der Waals surface area contributed by atoms with E-state index in [1.54, 1.807) is 0 Å². The van der Waals surface area contributed by atoms with E-state index in [4.69, 9.17) is 0 Å². The second kappa shape index (κ2) is 2.74. The zero-order valence-electron chi connectivity index (χ0n) is 6.68. The number of benzene rings is 1. The molecule has 1 aromatic carbocycles. The third kappa shape index (κ3) is 1.50. The Kier molecular flexibility index (Phi) is 1.95. The predicted octanol–water partition coefficient (Wildman–Crippen LogP) is 2.94. The van der Waals surface area contributed by atoms with Gasteiger partial charge in [-0.2, -0.15) is 0 Å². The number of hydrogen-bond acceptors (Lipinski definition) is 0. The van der Waals surface area contributed by atoms with Gasteiger partial charge in [0.15, 0.2) is 0 Å². The van der Waals surface area contributed by atoms with Crippen molar-refractivity contribution in [1.29, 1.82) is 0 Å². The quantitative estimate of drug-likeness (QED) is 0.560. The molecule has 0 heterocycles. The Labute approximate surface area is 62.1 Å². The molecular weight excluding hydrogens is 122 g/mol. The fraction of sp³-hybridized carbons (Fsp3) is 0.333. The maximum Gasteiger partial charge on any atom is -0.0398 e. The van der Waals surface area contributed by atoms with Gasteiger partial charge in [-0.15, -0.1) is 12.7 Å². The van der Waals surface area contributed by atoms with E-state index in [1.165, 1.54) is 11.1 Å². The van der Waals surface area contributed by atoms with Gasteiger partial charge in [-0.3, -0.25) is 0 Å². The highest BCUT2D eigenvalue weighted by Gasteiger charge is 1.85. The molecular formula is C9H12N-. The summed E-state index contributed by atoms with van der Waals surface area (Å²) in [5.74, 6) is 0. The van der Waals surface area contributed by atoms with Gasteiger partial charge in [0, 0.05) is 0 Å². The first kappa shape index (κ1) is 7.13. The van der Waals surface area contributed by atoms with Crippen LogP contribution in [0.3, 0.4) is 0 Å². The Bertz CT molecular complexity index is 208. The maximum absolute atomic E-state index is 4.09. The van der Waals surface area contributed by atoms with Crippen molar-refractivity contribution in [2.45, 2.75) is 13.8 Å². The van der Waals surface area contributed by atoms with Crippen molar-refractivity contribution in [2.75, 3.05) is 7.05 Å². The molecule has 0 aliphatic rings. The fourth-order valence-corrected chi connectivity index (χ4v) is 1.08. The van der Waals surface area contributed by atoms with E-state index >= 15 is 0 Å². The normalized spacial score (nSPS) is 9.50. The van der Waals surface area contributed by atoms with E-state index in [1.807, 2.05) is 7.05 Å². The fourth-order valence-electron chi connectivity index (χ4n) is 1.08. The number of rotatable bonds is 1. The Hall–Kier alpha value is -0.980. The van der Waals surface area contributed by atoms with E-state index in [-0.39, 0.29) is 0 Å². The molecule has 0 N–H and O–H groups in total. The van der Waals surface area contributed by atoms with E-state index in [0.29, 0.717) is 0 Å². The van der Waals surface area contributed by atoms with E-state index in [0.717, 1.165) is 5.69 Å². The van der Waals surface area contributed by atoms with Crippen molar-refractivity contribution in [1.82, 2.24) is 0 Å². The van der Waals surface area contributed by atoms with E-state index in [2.05, 4.69) is 37.4 Å². The van der Waals surface area contributed by atoms with Crippen LogP contribution in [0.1, 0.15) is 11.1 Å². The van der Waals surface area contributed by atoms with Crippen LogP contribution in [0.4, 0.5) is 5.69 Å². The summed E-state index contributed by atoms with van der Waals surface area (Å²) in [6.07, 6.45) is 0. The molecule has 0 radical (unpaired) electrons. The highest BCUT2D eigenvalue weighted by Crippen LogP contribution is 2.18. The van der Waals surface area contributed by atoms with Gasteiger partial charge in [0.2, 0.25) is 0 Å². The van der Waals surface area contributed by atoms with Gasteiger partial charge < -0.3 is 5.32 Å². The van der Waals surface area contributed by atoms with E-state index in [9.17, 15) is 0 Å². The van der Waals surface area contributed by atoms with E-state index < -0.39 is 0 Å². The molecule has 0 saturated carbocycles. The zero-order chi connectivity index (χ0) is 7.56. The summed E-state index contributed by atoms with van der Waals surface area (Å²) in [7, 11) is 1.81. The summed E-state index contributed by atoms with van der Waals surface area (Å²) in [6.45, 7) is 4.17. The van der Waals surface area contributed by atoms with Crippen molar-refractivity contribution in [3.05, 3.63) is 34.6 Å². The molecule has 0 bridgehead atoms. The second-order valence-corrected chi connectivity index (χ2v) is 2.57. The van der Waals surface area contributed by atoms with Gasteiger partial charge in [0.1, 0.15) is 0 Å². The van der Waals surface area contributed by atoms with Crippen LogP contribution in [0.2, 0.25) is 0 Å². The monoisotopic (exact) mass is 134 g/mol. The minimum absolute atomic E-state index is 1.07. The molecule has 10 heavy (non-hydrogen) atoms. The van der Waals surface area contributed by atoms with Gasteiger partial charge in [0.05, 0.1) is 0 Å². The van der Waals surface area contributed by atoms with Crippen molar-refractivity contribution in [2.24, 2.45) is 0 Å². The topological polar surface area (TPSA) is 14.1 Å². The molecule has 0 amide bonds. The molecule has 0 aliphatic carbocycles. The van der Waals surface area contributed by atoms with Crippen LogP contribution >= 0.6 is 0 Å². The Morgan fingerprint density at radius 2 is 1.50 bits per heavy atom. The van der Waals surface area contributed by atoms with Crippen LogP contribution in [0, 0.1) is 13.8 Å². The lowest BCUT2D eigenvalue weighted by Crippen LogP contribution is -1.75. The van der Waals surface area contributed by atoms with Crippen LogP contribution in [0.15, 0.2) is 18.2 Å². The zero-order valence-corrected chi connectivity index (χ0v) is 6.68. The molecule has 1 nitrogen and oxygen atoms in total. The van der Waals surface area contributed by atoms with Crippen LogP contribution in [0.5, 0.6) is 0 Å². The minimum atomic E-state index is 1.07. The lowest BCUT2D eigenvalue weighted by Gasteiger charge is -2.14. The highest BCUT2D eigenvalue weighted by molar-refractivity contribution is 5.51. The Balaban J connectivity index is 3.06. The molecule has 1 heteroatoms. The third-order valence-corrected chi connectivity index (χ3v) is 1.46. The lowest BCUT2D eigenvalue weighted by molar-refractivity contribution is 1.38. The molecule has 0 atom stereocenters. The highest BCUT2D eigenvalue weighted by atomic mass is 14.8. The van der Waals surface area contributed by atoms with Crippen LogP contribution in [0.25, 0.3) is 5.32 Å².